The van der Waals surface area contributed by atoms with Gasteiger partial charge in [-0.05, 0) is 128 Å². The summed E-state index contributed by atoms with van der Waals surface area (Å²) in [5, 5.41) is 0. The molecule has 0 aromatic heterocycles. The maximum Gasteiger partial charge on any atom is 0.306 e. The van der Waals surface area contributed by atoms with Crippen molar-refractivity contribution in [1.29, 1.82) is 0 Å². The van der Waals surface area contributed by atoms with E-state index in [9.17, 15) is 19.0 Å². The quantitative estimate of drug-likeness (QED) is 0.0195. The van der Waals surface area contributed by atoms with Crippen LogP contribution in [0.25, 0.3) is 0 Å². The lowest BCUT2D eigenvalue weighted by Crippen LogP contribution is -2.37. The van der Waals surface area contributed by atoms with Crippen molar-refractivity contribution >= 4 is 19.8 Å². The number of ether oxygens (including phenoxy) is 2. The predicted molar refractivity (Wildman–Crippen MR) is 341 cm³/mol. The Morgan fingerprint density at radius 1 is 0.400 bits per heavy atom. The number of phosphoric acid groups is 1. The average molecular weight is 1130 g/mol. The van der Waals surface area contributed by atoms with Crippen molar-refractivity contribution in [3.8, 4) is 0 Å². The summed E-state index contributed by atoms with van der Waals surface area (Å²) < 4.78 is 34.1. The fourth-order valence-corrected chi connectivity index (χ4v) is 8.48. The number of hydrogen-bond acceptors (Lipinski definition) is 8. The Kier molecular flexibility index (Phi) is 56.0. The molecule has 0 rings (SSSR count). The highest BCUT2D eigenvalue weighted by Gasteiger charge is 2.21. The number of allylic oxidation sites excluding steroid dienone is 26. The van der Waals surface area contributed by atoms with Gasteiger partial charge in [0.15, 0.2) is 6.10 Å². The van der Waals surface area contributed by atoms with Crippen molar-refractivity contribution in [3.05, 3.63) is 158 Å². The van der Waals surface area contributed by atoms with Crippen molar-refractivity contribution < 1.29 is 42.1 Å². The zero-order chi connectivity index (χ0) is 58.4. The molecule has 0 aliphatic rings. The minimum atomic E-state index is -4.67. The predicted octanol–water partition coefficient (Wildman–Crippen LogP) is 19.4. The SMILES string of the molecule is CC/C=C\C/C=C\C/C=C\C/C=C\C/C=C\C/C=C\C/C=C\C/C=C\C/C=C\C/C=C\CCCCC(=O)OC(COC(=O)CCCCCCCCCC/C=C\C/C=C\C/C=C\CCCCCCC)COP(=O)([O-])OCC[N+](C)(C)C. The van der Waals surface area contributed by atoms with Crippen LogP contribution in [-0.2, 0) is 32.7 Å². The fourth-order valence-electron chi connectivity index (χ4n) is 7.75. The van der Waals surface area contributed by atoms with E-state index in [-0.39, 0.29) is 26.1 Å². The maximum atomic E-state index is 12.8. The van der Waals surface area contributed by atoms with E-state index in [0.29, 0.717) is 23.9 Å². The Balaban J connectivity index is 4.30. The van der Waals surface area contributed by atoms with Crippen LogP contribution in [0.1, 0.15) is 219 Å². The molecule has 452 valence electrons. The van der Waals surface area contributed by atoms with Gasteiger partial charge in [0.05, 0.1) is 27.7 Å². The first-order chi connectivity index (χ1) is 39.0. The van der Waals surface area contributed by atoms with Crippen LogP contribution in [0, 0.1) is 0 Å². The highest BCUT2D eigenvalue weighted by atomic mass is 31.2. The molecular formula is C70H114NO8P. The molecule has 0 heterocycles. The monoisotopic (exact) mass is 1130 g/mol. The molecule has 80 heavy (non-hydrogen) atoms. The Hall–Kier alpha value is -4.37. The first-order valence-electron chi connectivity index (χ1n) is 31.2. The van der Waals surface area contributed by atoms with Gasteiger partial charge >= 0.3 is 11.9 Å². The summed E-state index contributed by atoms with van der Waals surface area (Å²) in [6, 6.07) is 0. The van der Waals surface area contributed by atoms with Gasteiger partial charge in [-0.2, -0.15) is 0 Å². The van der Waals surface area contributed by atoms with Crippen LogP contribution in [0.5, 0.6) is 0 Å². The van der Waals surface area contributed by atoms with Crippen LogP contribution in [-0.4, -0.2) is 70.0 Å². The van der Waals surface area contributed by atoms with Crippen molar-refractivity contribution in [2.75, 3.05) is 47.5 Å². The Morgan fingerprint density at radius 3 is 1.09 bits per heavy atom. The van der Waals surface area contributed by atoms with Crippen molar-refractivity contribution in [1.82, 2.24) is 0 Å². The molecule has 0 radical (unpaired) electrons. The van der Waals surface area contributed by atoms with Gasteiger partial charge in [0.25, 0.3) is 7.82 Å². The number of phosphoric ester groups is 1. The summed E-state index contributed by atoms with van der Waals surface area (Å²) in [7, 11) is 1.11. The molecule has 0 bridgehead atoms. The van der Waals surface area contributed by atoms with Gasteiger partial charge in [0.2, 0.25) is 0 Å². The molecule has 0 saturated heterocycles. The normalized spacial score (nSPS) is 14.3. The molecule has 0 aliphatic carbocycles. The number of carbonyl (C=O) groups is 2. The number of nitrogens with zero attached hydrogens (tertiary/aromatic N) is 1. The molecule has 0 aromatic rings. The molecule has 2 unspecified atom stereocenters. The van der Waals surface area contributed by atoms with Crippen LogP contribution in [0.15, 0.2) is 158 Å². The Bertz CT molecular complexity index is 1900. The second-order valence-corrected chi connectivity index (χ2v) is 22.7. The average Bonchev–Trinajstić information content (AvgIpc) is 3.42. The summed E-state index contributed by atoms with van der Waals surface area (Å²) >= 11 is 0. The summed E-state index contributed by atoms with van der Waals surface area (Å²) in [5.74, 6) is -0.905. The number of carbonyl (C=O) groups excluding carboxylic acids is 2. The van der Waals surface area contributed by atoms with Gasteiger partial charge in [0.1, 0.15) is 19.8 Å². The fraction of sp³-hybridized carbons (Fsp3) is 0.600. The largest absolute Gasteiger partial charge is 0.756 e. The van der Waals surface area contributed by atoms with Gasteiger partial charge in [-0.15, -0.1) is 0 Å². The summed E-state index contributed by atoms with van der Waals surface area (Å²) in [6.45, 7) is 4.03. The van der Waals surface area contributed by atoms with Crippen LogP contribution in [0.3, 0.4) is 0 Å². The summed E-state index contributed by atoms with van der Waals surface area (Å²) in [4.78, 5) is 37.9. The van der Waals surface area contributed by atoms with Crippen molar-refractivity contribution in [2.45, 2.75) is 225 Å². The zero-order valence-corrected chi connectivity index (χ0v) is 52.1. The van der Waals surface area contributed by atoms with E-state index in [1.807, 2.05) is 21.1 Å². The lowest BCUT2D eigenvalue weighted by molar-refractivity contribution is -0.870. The number of likely N-dealkylation sites (N-methyl/N-ethyl adjacent to an activating group) is 1. The molecule has 0 aliphatic heterocycles. The third kappa shape index (κ3) is 62.8. The van der Waals surface area contributed by atoms with E-state index < -0.39 is 32.5 Å². The van der Waals surface area contributed by atoms with Crippen molar-refractivity contribution in [3.63, 3.8) is 0 Å². The molecule has 0 aromatic carbocycles. The second kappa shape index (κ2) is 59.3. The maximum absolute atomic E-state index is 12.8. The first kappa shape index (κ1) is 75.6. The number of quaternary nitrogens is 1. The molecule has 0 amide bonds. The molecule has 0 saturated carbocycles. The van der Waals surface area contributed by atoms with Crippen LogP contribution in [0.4, 0.5) is 0 Å². The van der Waals surface area contributed by atoms with E-state index in [1.54, 1.807) is 0 Å². The van der Waals surface area contributed by atoms with Gasteiger partial charge in [0, 0.05) is 12.8 Å². The third-order valence-corrected chi connectivity index (χ3v) is 13.5. The van der Waals surface area contributed by atoms with Crippen LogP contribution < -0.4 is 4.89 Å². The molecule has 0 spiro atoms. The van der Waals surface area contributed by atoms with Crippen molar-refractivity contribution in [2.24, 2.45) is 0 Å². The second-order valence-electron chi connectivity index (χ2n) is 21.3. The van der Waals surface area contributed by atoms with E-state index in [0.717, 1.165) is 116 Å². The molecule has 0 N–H and O–H groups in total. The minimum Gasteiger partial charge on any atom is -0.756 e. The smallest absolute Gasteiger partial charge is 0.306 e. The first-order valence-corrected chi connectivity index (χ1v) is 32.7. The standard InChI is InChI=1S/C70H114NO8P/c1-6-8-10-12-14-16-18-20-22-24-26-28-30-31-32-33-34-35-36-37-38-39-41-43-45-47-49-51-53-55-57-59-61-63-70(73)79-68(67-78-80(74,75)77-65-64-71(3,4)5)66-76-69(72)62-60-58-56-54-52-50-48-46-44-42-40-29-27-25-23-21-19-17-15-13-11-9-7-2/h8,10,14,16,19-22,25-28,31-32,34-35,37-38,40-43,47,49,53,55,68H,6-7,9,11-13,15,17-18,23-24,29-30,33,36,39,44-46,48,50-52,54,56-67H2,1-5H3/b10-8-,16-14-,21-19-,22-20-,27-25-,28-26-,32-31-,35-34-,38-37-,42-40-,43-41-,49-47-,55-53-. The van der Waals surface area contributed by atoms with Crippen LogP contribution >= 0.6 is 7.82 Å². The van der Waals surface area contributed by atoms with E-state index in [4.69, 9.17) is 18.5 Å². The van der Waals surface area contributed by atoms with Crippen LogP contribution in [0.2, 0.25) is 0 Å². The van der Waals surface area contributed by atoms with E-state index in [1.165, 1.54) is 64.2 Å². The van der Waals surface area contributed by atoms with E-state index >= 15 is 0 Å². The highest BCUT2D eigenvalue weighted by Crippen LogP contribution is 2.38. The molecule has 9 nitrogen and oxygen atoms in total. The number of rotatable bonds is 55. The summed E-state index contributed by atoms with van der Waals surface area (Å²) in [5.41, 5.74) is 0. The molecule has 10 heteroatoms. The lowest BCUT2D eigenvalue weighted by Gasteiger charge is -2.28. The lowest BCUT2D eigenvalue weighted by atomic mass is 10.1. The number of esters is 2. The van der Waals surface area contributed by atoms with Gasteiger partial charge in [-0.25, -0.2) is 0 Å². The van der Waals surface area contributed by atoms with Gasteiger partial charge < -0.3 is 27.9 Å². The zero-order valence-electron chi connectivity index (χ0n) is 51.2. The van der Waals surface area contributed by atoms with E-state index in [2.05, 4.69) is 172 Å². The topological polar surface area (TPSA) is 111 Å². The molecular weight excluding hydrogens is 1010 g/mol. The molecule has 0 fully saturated rings. The minimum absolute atomic E-state index is 0.0502. The number of unbranched alkanes of at least 4 members (excludes halogenated alkanes) is 15. The Morgan fingerprint density at radius 2 is 0.713 bits per heavy atom. The summed E-state index contributed by atoms with van der Waals surface area (Å²) in [6.07, 6.45) is 88.7. The van der Waals surface area contributed by atoms with Gasteiger partial charge in [-0.3, -0.25) is 14.2 Å². The van der Waals surface area contributed by atoms with Gasteiger partial charge in [-0.1, -0.05) is 236 Å². The highest BCUT2D eigenvalue weighted by molar-refractivity contribution is 7.45. The number of hydrogen-bond donors (Lipinski definition) is 0. The molecule has 2 atom stereocenters. The Labute approximate surface area is 490 Å². The third-order valence-electron chi connectivity index (χ3n) is 12.5.